The number of phosphoric acid groups is 2. The van der Waals surface area contributed by atoms with Crippen LogP contribution in [0.25, 0.3) is 0 Å². The molecule has 0 aromatic carbocycles. The lowest BCUT2D eigenvalue weighted by molar-refractivity contribution is -0.161. The molecule has 0 aromatic heterocycles. The van der Waals surface area contributed by atoms with Gasteiger partial charge >= 0.3 is 39.5 Å². The molecule has 19 heteroatoms. The highest BCUT2D eigenvalue weighted by Gasteiger charge is 2.30. The first-order valence-corrected chi connectivity index (χ1v) is 40.3. The lowest BCUT2D eigenvalue weighted by Crippen LogP contribution is -2.30. The molecule has 17 nitrogen and oxygen atoms in total. The van der Waals surface area contributed by atoms with Crippen molar-refractivity contribution < 1.29 is 80.2 Å². The van der Waals surface area contributed by atoms with Gasteiger partial charge in [0.25, 0.3) is 0 Å². The predicted molar refractivity (Wildman–Crippen MR) is 368 cm³/mol. The zero-order chi connectivity index (χ0) is 67.3. The molecule has 0 heterocycles. The summed E-state index contributed by atoms with van der Waals surface area (Å²) in [7, 11) is -9.90. The predicted octanol–water partition coefficient (Wildman–Crippen LogP) is 20.6. The fourth-order valence-electron chi connectivity index (χ4n) is 10.9. The van der Waals surface area contributed by atoms with Gasteiger partial charge in [0.15, 0.2) is 12.2 Å². The number of hydrogen-bond acceptors (Lipinski definition) is 15. The third-order valence-electron chi connectivity index (χ3n) is 16.6. The monoisotopic (exact) mass is 1340 g/mol. The van der Waals surface area contributed by atoms with E-state index in [1.807, 2.05) is 0 Å². The minimum atomic E-state index is -4.95. The van der Waals surface area contributed by atoms with E-state index in [4.69, 9.17) is 37.0 Å². The average Bonchev–Trinajstić information content (AvgIpc) is 3.49. The molecule has 5 atom stereocenters. The van der Waals surface area contributed by atoms with Crippen molar-refractivity contribution >= 4 is 39.5 Å². The molecule has 0 aliphatic carbocycles. The molecule has 3 N–H and O–H groups in total. The number of aliphatic hydroxyl groups is 1. The van der Waals surface area contributed by atoms with Gasteiger partial charge in [-0.3, -0.25) is 37.3 Å². The van der Waals surface area contributed by atoms with E-state index in [2.05, 4.69) is 48.5 Å². The third kappa shape index (κ3) is 66.5. The highest BCUT2D eigenvalue weighted by molar-refractivity contribution is 7.47. The molecule has 0 bridgehead atoms. The van der Waals surface area contributed by atoms with E-state index in [0.29, 0.717) is 31.6 Å². The topological polar surface area (TPSA) is 237 Å². The molecule has 0 amide bonds. The second-order valence-corrected chi connectivity index (χ2v) is 30.3. The number of rotatable bonds is 70. The quantitative estimate of drug-likeness (QED) is 0.0222. The molecule has 0 saturated carbocycles. The molecule has 540 valence electrons. The van der Waals surface area contributed by atoms with Crippen LogP contribution >= 0.6 is 15.6 Å². The molecule has 0 aromatic rings. The van der Waals surface area contributed by atoms with Crippen molar-refractivity contribution in [1.29, 1.82) is 0 Å². The number of hydrogen-bond donors (Lipinski definition) is 3. The zero-order valence-electron chi connectivity index (χ0n) is 59.3. The van der Waals surface area contributed by atoms with Crippen molar-refractivity contribution in [3.05, 3.63) is 0 Å². The van der Waals surface area contributed by atoms with Crippen LogP contribution in [0.15, 0.2) is 0 Å². The minimum Gasteiger partial charge on any atom is -0.462 e. The molecule has 0 fully saturated rings. The maximum absolute atomic E-state index is 13.0. The summed E-state index contributed by atoms with van der Waals surface area (Å²) in [5.41, 5.74) is 0. The van der Waals surface area contributed by atoms with E-state index in [1.165, 1.54) is 167 Å². The van der Waals surface area contributed by atoms with E-state index in [0.717, 1.165) is 108 Å². The molecular weight excluding hydrogens is 1200 g/mol. The third-order valence-corrected chi connectivity index (χ3v) is 18.5. The highest BCUT2D eigenvalue weighted by atomic mass is 31.2. The van der Waals surface area contributed by atoms with Gasteiger partial charge < -0.3 is 33.8 Å². The largest absolute Gasteiger partial charge is 0.472 e. The summed E-state index contributed by atoms with van der Waals surface area (Å²) in [6.07, 6.45) is 47.6. The van der Waals surface area contributed by atoms with Crippen molar-refractivity contribution in [3.8, 4) is 0 Å². The van der Waals surface area contributed by atoms with Gasteiger partial charge in [-0.25, -0.2) is 9.13 Å². The number of esters is 4. The van der Waals surface area contributed by atoms with E-state index in [1.54, 1.807) is 0 Å². The Balaban J connectivity index is 5.18. The van der Waals surface area contributed by atoms with Crippen molar-refractivity contribution in [2.24, 2.45) is 17.8 Å². The van der Waals surface area contributed by atoms with Crippen LogP contribution in [-0.4, -0.2) is 96.7 Å². The van der Waals surface area contributed by atoms with Crippen LogP contribution in [0.1, 0.15) is 363 Å². The van der Waals surface area contributed by atoms with Crippen molar-refractivity contribution in [2.75, 3.05) is 39.6 Å². The van der Waals surface area contributed by atoms with Crippen LogP contribution in [0, 0.1) is 17.8 Å². The lowest BCUT2D eigenvalue weighted by Gasteiger charge is -2.21. The van der Waals surface area contributed by atoms with Gasteiger partial charge in [-0.2, -0.15) is 0 Å². The van der Waals surface area contributed by atoms with Crippen LogP contribution < -0.4 is 0 Å². The summed E-state index contributed by atoms with van der Waals surface area (Å²) in [6, 6.07) is 0. The summed E-state index contributed by atoms with van der Waals surface area (Å²) < 4.78 is 68.3. The summed E-state index contributed by atoms with van der Waals surface area (Å²) in [4.78, 5) is 72.5. The van der Waals surface area contributed by atoms with Crippen LogP contribution in [0.4, 0.5) is 0 Å². The Kier molecular flexibility index (Phi) is 61.5. The molecule has 0 radical (unpaired) electrons. The van der Waals surface area contributed by atoms with Gasteiger partial charge in [-0.05, 0) is 43.4 Å². The smallest absolute Gasteiger partial charge is 0.462 e. The number of ether oxygens (including phenoxy) is 4. The highest BCUT2D eigenvalue weighted by Crippen LogP contribution is 2.45. The molecule has 0 spiro atoms. The molecule has 91 heavy (non-hydrogen) atoms. The Labute approximate surface area is 556 Å². The Morgan fingerprint density at radius 2 is 0.505 bits per heavy atom. The van der Waals surface area contributed by atoms with E-state index >= 15 is 0 Å². The van der Waals surface area contributed by atoms with Crippen molar-refractivity contribution in [2.45, 2.75) is 381 Å². The van der Waals surface area contributed by atoms with Gasteiger partial charge in [0.05, 0.1) is 26.4 Å². The van der Waals surface area contributed by atoms with Crippen LogP contribution in [0.3, 0.4) is 0 Å². The molecule has 0 aliphatic rings. The molecule has 0 aliphatic heterocycles. The number of carbonyl (C=O) groups excluding carboxylic acids is 4. The molecule has 0 rings (SSSR count). The zero-order valence-corrected chi connectivity index (χ0v) is 61.1. The van der Waals surface area contributed by atoms with Crippen LogP contribution in [0.2, 0.25) is 0 Å². The maximum Gasteiger partial charge on any atom is 0.472 e. The Bertz CT molecular complexity index is 1780. The fraction of sp³-hybridized carbons (Fsp3) is 0.944. The SMILES string of the molecule is CCCCCCCCCCCCCCCCCCCCCCC(=O)O[C@H](COC(=O)CCCCCCCCCCC(C)C)COP(=O)(O)OC[C@@H](O)COP(=O)(O)OC[C@@H](COC(=O)CCCCCCCCC(C)C)OC(=O)CCCCCCCCCCC(C)C. The number of phosphoric ester groups is 2. The van der Waals surface area contributed by atoms with E-state index < -0.39 is 97.5 Å². The van der Waals surface area contributed by atoms with Gasteiger partial charge in [0.2, 0.25) is 0 Å². The number of carbonyl (C=O) groups is 4. The normalized spacial score (nSPS) is 14.2. The van der Waals surface area contributed by atoms with Gasteiger partial charge in [-0.15, -0.1) is 0 Å². The van der Waals surface area contributed by atoms with Gasteiger partial charge in [-0.1, -0.05) is 312 Å². The standard InChI is InChI=1S/C72H140O17P2/c1-8-9-10-11-12-13-14-15-16-17-18-19-20-21-22-23-24-32-41-48-55-71(76)88-67(59-82-69(74)53-46-39-31-27-25-29-36-43-50-63(2)3)61-86-90(78,79)84-57-66(73)58-85-91(80,81)87-62-68(60-83-70(75)54-47-40-35-34-38-45-52-65(6)7)89-72(77)56-49-42-33-28-26-30-37-44-51-64(4)5/h63-68,73H,8-62H2,1-7H3,(H,78,79)(H,80,81)/t66-,67-,68-/m1/s1. The first-order valence-electron chi connectivity index (χ1n) is 37.3. The van der Waals surface area contributed by atoms with Crippen LogP contribution in [0.5, 0.6) is 0 Å². The molecule has 2 unspecified atom stereocenters. The van der Waals surface area contributed by atoms with Crippen LogP contribution in [-0.2, 0) is 65.4 Å². The van der Waals surface area contributed by atoms with Gasteiger partial charge in [0.1, 0.15) is 19.3 Å². The molecule has 0 saturated heterocycles. The summed E-state index contributed by atoms with van der Waals surface area (Å²) in [5, 5.41) is 10.6. The Morgan fingerprint density at radius 3 is 0.747 bits per heavy atom. The first kappa shape index (κ1) is 89.1. The molecular formula is C72H140O17P2. The van der Waals surface area contributed by atoms with Crippen molar-refractivity contribution in [1.82, 2.24) is 0 Å². The first-order chi connectivity index (χ1) is 43.7. The van der Waals surface area contributed by atoms with Gasteiger partial charge in [0, 0.05) is 25.7 Å². The Morgan fingerprint density at radius 1 is 0.297 bits per heavy atom. The number of aliphatic hydroxyl groups excluding tert-OH is 1. The van der Waals surface area contributed by atoms with Crippen molar-refractivity contribution in [3.63, 3.8) is 0 Å². The van der Waals surface area contributed by atoms with E-state index in [-0.39, 0.29) is 25.7 Å². The fourth-order valence-corrected chi connectivity index (χ4v) is 12.5. The second-order valence-electron chi connectivity index (χ2n) is 27.4. The minimum absolute atomic E-state index is 0.103. The average molecular weight is 1340 g/mol. The maximum atomic E-state index is 13.0. The Hall–Kier alpha value is -1.94. The lowest BCUT2D eigenvalue weighted by atomic mass is 10.0. The summed E-state index contributed by atoms with van der Waals surface area (Å²) in [6.45, 7) is 11.7. The van der Waals surface area contributed by atoms with E-state index in [9.17, 15) is 43.2 Å². The summed E-state index contributed by atoms with van der Waals surface area (Å²) >= 11 is 0. The summed E-state index contributed by atoms with van der Waals surface area (Å²) in [5.74, 6) is -0.00554. The number of unbranched alkanes of at least 4 members (excludes halogenated alkanes) is 38. The second kappa shape index (κ2) is 62.8.